The van der Waals surface area contributed by atoms with Gasteiger partial charge in [0.05, 0.1) is 9.26 Å². The zero-order valence-corrected chi connectivity index (χ0v) is 8.43. The molecule has 0 atom stereocenters. The maximum atomic E-state index is 10.6. The van der Waals surface area contributed by atoms with Crippen molar-refractivity contribution in [3.8, 4) is 0 Å². The zero-order valence-electron chi connectivity index (χ0n) is 6.86. The van der Waals surface area contributed by atoms with Crippen LogP contribution in [0, 0.1) is 10.1 Å². The molecule has 14 heavy (non-hydrogen) atoms. The quantitative estimate of drug-likeness (QED) is 0.463. The molecule has 0 aliphatic carbocycles. The molecule has 2 aromatic rings. The van der Waals surface area contributed by atoms with Crippen molar-refractivity contribution in [3.05, 3.63) is 32.6 Å². The number of nitro groups is 1. The van der Waals surface area contributed by atoms with Crippen LogP contribution in [0.4, 0.5) is 11.4 Å². The highest BCUT2D eigenvalue weighted by molar-refractivity contribution is 7.22. The highest BCUT2D eigenvalue weighted by Gasteiger charge is 2.15. The predicted octanol–water partition coefficient (Wildman–Crippen LogP) is 3.05. The van der Waals surface area contributed by atoms with Crippen LogP contribution in [0.3, 0.4) is 0 Å². The average Bonchev–Trinajstić information content (AvgIpc) is 2.46. The molecule has 0 saturated heterocycles. The molecular weight excluding hydrogens is 224 g/mol. The van der Waals surface area contributed by atoms with Crippen LogP contribution < -0.4 is 5.73 Å². The molecule has 72 valence electrons. The van der Waals surface area contributed by atoms with E-state index in [9.17, 15) is 10.1 Å². The first-order valence-corrected chi connectivity index (χ1v) is 4.91. The number of halogens is 1. The van der Waals surface area contributed by atoms with Gasteiger partial charge in [0.1, 0.15) is 5.69 Å². The molecule has 1 heterocycles. The third kappa shape index (κ3) is 1.30. The summed E-state index contributed by atoms with van der Waals surface area (Å²) in [5.74, 6) is 0. The lowest BCUT2D eigenvalue weighted by Gasteiger charge is -1.97. The third-order valence-electron chi connectivity index (χ3n) is 1.89. The van der Waals surface area contributed by atoms with Gasteiger partial charge in [-0.1, -0.05) is 11.6 Å². The summed E-state index contributed by atoms with van der Waals surface area (Å²) < 4.78 is 1.44. The number of anilines is 1. The number of thiophene rings is 1. The Labute approximate surface area is 88.0 Å². The summed E-state index contributed by atoms with van der Waals surface area (Å²) in [6.45, 7) is 0. The fourth-order valence-electron chi connectivity index (χ4n) is 1.25. The molecule has 0 spiro atoms. The van der Waals surface area contributed by atoms with Crippen molar-refractivity contribution in [2.75, 3.05) is 5.73 Å². The Morgan fingerprint density at radius 3 is 2.86 bits per heavy atom. The van der Waals surface area contributed by atoms with E-state index in [2.05, 4.69) is 0 Å². The SMILES string of the molecule is Nc1c([N+](=O)[O-])ccc2sc(Cl)cc12. The number of nitrogens with zero attached hydrogens (tertiary/aromatic N) is 1. The first kappa shape index (κ1) is 9.23. The van der Waals surface area contributed by atoms with E-state index in [0.717, 1.165) is 4.70 Å². The van der Waals surface area contributed by atoms with Crippen molar-refractivity contribution in [2.24, 2.45) is 0 Å². The fourth-order valence-corrected chi connectivity index (χ4v) is 2.41. The number of nitrogens with two attached hydrogens (primary N) is 1. The minimum atomic E-state index is -0.500. The van der Waals surface area contributed by atoms with Gasteiger partial charge < -0.3 is 5.73 Å². The lowest BCUT2D eigenvalue weighted by Crippen LogP contribution is -1.94. The van der Waals surface area contributed by atoms with E-state index >= 15 is 0 Å². The smallest absolute Gasteiger partial charge is 0.292 e. The Hall–Kier alpha value is -1.33. The number of fused-ring (bicyclic) bond motifs is 1. The largest absolute Gasteiger partial charge is 0.393 e. The molecule has 1 aromatic carbocycles. The van der Waals surface area contributed by atoms with Crippen molar-refractivity contribution < 1.29 is 4.92 Å². The van der Waals surface area contributed by atoms with Crippen LogP contribution in [-0.4, -0.2) is 4.92 Å². The summed E-state index contributed by atoms with van der Waals surface area (Å²) in [5.41, 5.74) is 5.74. The van der Waals surface area contributed by atoms with Crippen molar-refractivity contribution >= 4 is 44.4 Å². The molecule has 0 aliphatic heterocycles. The number of nitrogen functional groups attached to an aromatic ring is 1. The van der Waals surface area contributed by atoms with Crippen LogP contribution >= 0.6 is 22.9 Å². The van der Waals surface area contributed by atoms with Crippen LogP contribution in [0.15, 0.2) is 18.2 Å². The van der Waals surface area contributed by atoms with Gasteiger partial charge >= 0.3 is 0 Å². The topological polar surface area (TPSA) is 69.2 Å². The summed E-state index contributed by atoms with van der Waals surface area (Å²) in [6.07, 6.45) is 0. The lowest BCUT2D eigenvalue weighted by molar-refractivity contribution is -0.383. The van der Waals surface area contributed by atoms with Crippen LogP contribution in [0.1, 0.15) is 0 Å². The maximum Gasteiger partial charge on any atom is 0.292 e. The van der Waals surface area contributed by atoms with Crippen LogP contribution in [0.5, 0.6) is 0 Å². The summed E-state index contributed by atoms with van der Waals surface area (Å²) in [7, 11) is 0. The van der Waals surface area contributed by atoms with E-state index in [1.165, 1.54) is 17.4 Å². The molecule has 0 amide bonds. The molecule has 0 radical (unpaired) electrons. The summed E-state index contributed by atoms with van der Waals surface area (Å²) in [4.78, 5) is 10.1. The molecule has 0 saturated carbocycles. The van der Waals surface area contributed by atoms with Gasteiger partial charge in [-0.05, 0) is 12.1 Å². The van der Waals surface area contributed by atoms with Gasteiger partial charge in [0.25, 0.3) is 5.69 Å². The van der Waals surface area contributed by atoms with Gasteiger partial charge in [-0.25, -0.2) is 0 Å². The minimum absolute atomic E-state index is 0.0769. The van der Waals surface area contributed by atoms with Gasteiger partial charge in [0.15, 0.2) is 0 Å². The molecule has 2 N–H and O–H groups in total. The maximum absolute atomic E-state index is 10.6. The molecule has 0 bridgehead atoms. The lowest BCUT2D eigenvalue weighted by atomic mass is 10.2. The van der Waals surface area contributed by atoms with E-state index in [4.69, 9.17) is 17.3 Å². The molecule has 1 aromatic heterocycles. The van der Waals surface area contributed by atoms with Crippen molar-refractivity contribution in [1.82, 2.24) is 0 Å². The molecule has 2 rings (SSSR count). The number of rotatable bonds is 1. The van der Waals surface area contributed by atoms with E-state index in [0.29, 0.717) is 9.72 Å². The molecule has 4 nitrogen and oxygen atoms in total. The van der Waals surface area contributed by atoms with Crippen molar-refractivity contribution in [2.45, 2.75) is 0 Å². The van der Waals surface area contributed by atoms with Crippen LogP contribution in [0.2, 0.25) is 4.34 Å². The Balaban J connectivity index is 2.80. The zero-order chi connectivity index (χ0) is 10.3. The van der Waals surface area contributed by atoms with Crippen molar-refractivity contribution in [1.29, 1.82) is 0 Å². The van der Waals surface area contributed by atoms with E-state index in [1.807, 2.05) is 0 Å². The minimum Gasteiger partial charge on any atom is -0.393 e. The Morgan fingerprint density at radius 2 is 2.21 bits per heavy atom. The van der Waals surface area contributed by atoms with Crippen LogP contribution in [-0.2, 0) is 0 Å². The molecule has 0 fully saturated rings. The highest BCUT2D eigenvalue weighted by atomic mass is 35.5. The van der Waals surface area contributed by atoms with Crippen LogP contribution in [0.25, 0.3) is 10.1 Å². The normalized spacial score (nSPS) is 10.6. The standard InChI is InChI=1S/C8H5ClN2O2S/c9-7-3-4-6(14-7)2-1-5(8(4)10)11(12)13/h1-3H,10H2. The third-order valence-corrected chi connectivity index (χ3v) is 3.12. The monoisotopic (exact) mass is 228 g/mol. The van der Waals surface area contributed by atoms with Gasteiger partial charge in [0, 0.05) is 16.2 Å². The fraction of sp³-hybridized carbons (Fsp3) is 0. The first-order chi connectivity index (χ1) is 6.59. The summed E-state index contributed by atoms with van der Waals surface area (Å²) in [6, 6.07) is 4.69. The molecule has 0 unspecified atom stereocenters. The van der Waals surface area contributed by atoms with Gasteiger partial charge in [-0.3, -0.25) is 10.1 Å². The Bertz CT molecular complexity index is 523. The number of hydrogen-bond donors (Lipinski definition) is 1. The Morgan fingerprint density at radius 1 is 1.50 bits per heavy atom. The first-order valence-electron chi connectivity index (χ1n) is 3.71. The van der Waals surface area contributed by atoms with Gasteiger partial charge in [-0.2, -0.15) is 0 Å². The number of hydrogen-bond acceptors (Lipinski definition) is 4. The number of benzene rings is 1. The summed E-state index contributed by atoms with van der Waals surface area (Å²) in [5, 5.41) is 11.2. The number of nitro benzene ring substituents is 1. The van der Waals surface area contributed by atoms with Gasteiger partial charge in [-0.15, -0.1) is 11.3 Å². The molecule has 0 aliphatic rings. The van der Waals surface area contributed by atoms with E-state index in [1.54, 1.807) is 12.1 Å². The Kier molecular flexibility index (Phi) is 2.05. The molecule has 6 heteroatoms. The van der Waals surface area contributed by atoms with E-state index < -0.39 is 4.92 Å². The van der Waals surface area contributed by atoms with Gasteiger partial charge in [0.2, 0.25) is 0 Å². The summed E-state index contributed by atoms with van der Waals surface area (Å²) >= 11 is 7.13. The van der Waals surface area contributed by atoms with Crippen molar-refractivity contribution in [3.63, 3.8) is 0 Å². The average molecular weight is 229 g/mol. The predicted molar refractivity (Wildman–Crippen MR) is 57.9 cm³/mol. The second-order valence-corrected chi connectivity index (χ2v) is 4.43. The van der Waals surface area contributed by atoms with E-state index in [-0.39, 0.29) is 11.4 Å². The second kappa shape index (κ2) is 3.11. The second-order valence-electron chi connectivity index (χ2n) is 2.72. The highest BCUT2D eigenvalue weighted by Crippen LogP contribution is 2.37. The molecular formula is C8H5ClN2O2S.